The van der Waals surface area contributed by atoms with Crippen molar-refractivity contribution in [2.24, 2.45) is 5.10 Å². The summed E-state index contributed by atoms with van der Waals surface area (Å²) in [6, 6.07) is 7.95. The maximum atomic E-state index is 5.78. The van der Waals surface area contributed by atoms with Crippen molar-refractivity contribution in [2.75, 3.05) is 11.3 Å². The van der Waals surface area contributed by atoms with Crippen LogP contribution in [-0.4, -0.2) is 21.1 Å². The second-order valence-electron chi connectivity index (χ2n) is 3.55. The van der Waals surface area contributed by atoms with Crippen LogP contribution in [0.1, 0.15) is 18.3 Å². The highest BCUT2D eigenvalue weighted by atomic mass is 127. The Kier molecular flexibility index (Phi) is 4.13. The summed E-state index contributed by atoms with van der Waals surface area (Å²) in [4.78, 5) is 0. The molecule has 0 bridgehead atoms. The number of halogens is 1. The molecule has 18 heavy (non-hydrogen) atoms. The number of benzene rings is 1. The van der Waals surface area contributed by atoms with Gasteiger partial charge >= 0.3 is 0 Å². The van der Waals surface area contributed by atoms with Gasteiger partial charge in [-0.15, -0.1) is 10.2 Å². The van der Waals surface area contributed by atoms with Crippen molar-refractivity contribution in [2.45, 2.75) is 13.3 Å². The van der Waals surface area contributed by atoms with Crippen LogP contribution in [0.4, 0.5) is 5.95 Å². The van der Waals surface area contributed by atoms with E-state index < -0.39 is 0 Å². The smallest absolute Gasteiger partial charge is 0.263 e. The summed E-state index contributed by atoms with van der Waals surface area (Å²) >= 11 is 2.25. The number of hydrogen-bond donors (Lipinski definition) is 2. The van der Waals surface area contributed by atoms with Gasteiger partial charge in [-0.3, -0.25) is 0 Å². The van der Waals surface area contributed by atoms with Gasteiger partial charge in [-0.1, -0.05) is 25.1 Å². The van der Waals surface area contributed by atoms with Gasteiger partial charge in [0, 0.05) is 15.6 Å². The molecule has 0 radical (unpaired) electrons. The number of nitrogens with one attached hydrogen (secondary N) is 1. The first-order valence-electron chi connectivity index (χ1n) is 5.45. The lowest BCUT2D eigenvalue weighted by molar-refractivity contribution is 0.855. The molecule has 0 aliphatic heterocycles. The summed E-state index contributed by atoms with van der Waals surface area (Å²) in [6.45, 7) is 1.97. The van der Waals surface area contributed by atoms with Crippen molar-refractivity contribution in [1.82, 2.24) is 14.9 Å². The average Bonchev–Trinajstić information content (AvgIpc) is 2.73. The predicted molar refractivity (Wildman–Crippen MR) is 79.9 cm³/mol. The van der Waals surface area contributed by atoms with Crippen LogP contribution in [0.5, 0.6) is 0 Å². The van der Waals surface area contributed by atoms with Crippen LogP contribution in [0.3, 0.4) is 0 Å². The van der Waals surface area contributed by atoms with Crippen LogP contribution in [0, 0.1) is 3.57 Å². The van der Waals surface area contributed by atoms with Crippen LogP contribution < -0.4 is 11.3 Å². The van der Waals surface area contributed by atoms with Crippen molar-refractivity contribution >= 4 is 34.8 Å². The number of nitrogens with zero attached hydrogens (tertiary/aromatic N) is 4. The van der Waals surface area contributed by atoms with E-state index in [1.54, 1.807) is 6.21 Å². The summed E-state index contributed by atoms with van der Waals surface area (Å²) < 4.78 is 2.52. The quantitative estimate of drug-likeness (QED) is 0.378. The van der Waals surface area contributed by atoms with Gasteiger partial charge in [0.1, 0.15) is 0 Å². The summed E-state index contributed by atoms with van der Waals surface area (Å²) in [5.41, 5.74) is 3.81. The van der Waals surface area contributed by atoms with Gasteiger partial charge in [0.05, 0.1) is 6.21 Å². The molecule has 0 saturated heterocycles. The van der Waals surface area contributed by atoms with E-state index in [2.05, 4.69) is 43.3 Å². The van der Waals surface area contributed by atoms with E-state index in [0.717, 1.165) is 15.6 Å². The molecule has 7 heteroatoms. The second-order valence-corrected chi connectivity index (χ2v) is 4.72. The molecule has 0 aliphatic rings. The number of nitrogens with two attached hydrogens (primary N) is 1. The zero-order valence-corrected chi connectivity index (χ0v) is 12.0. The molecule has 1 heterocycles. The fourth-order valence-corrected chi connectivity index (χ4v) is 1.91. The number of aromatic nitrogens is 3. The fraction of sp³-hybridized carbons (Fsp3) is 0.182. The molecule has 0 unspecified atom stereocenters. The molecular formula is C11H13IN6. The van der Waals surface area contributed by atoms with E-state index >= 15 is 0 Å². The highest BCUT2D eigenvalue weighted by Crippen LogP contribution is 2.09. The molecule has 94 valence electrons. The van der Waals surface area contributed by atoms with E-state index in [-0.39, 0.29) is 0 Å². The normalized spacial score (nSPS) is 11.0. The Morgan fingerprint density at radius 2 is 2.22 bits per heavy atom. The Balaban J connectivity index is 2.07. The zero-order chi connectivity index (χ0) is 13.0. The highest BCUT2D eigenvalue weighted by molar-refractivity contribution is 14.1. The highest BCUT2D eigenvalue weighted by Gasteiger charge is 2.05. The topological polar surface area (TPSA) is 81.1 Å². The van der Waals surface area contributed by atoms with E-state index in [1.165, 1.54) is 4.68 Å². The first-order chi connectivity index (χ1) is 8.72. The molecule has 2 rings (SSSR count). The third-order valence-corrected chi connectivity index (χ3v) is 3.34. The Labute approximate surface area is 118 Å². The molecule has 2 aromatic rings. The molecule has 0 amide bonds. The van der Waals surface area contributed by atoms with Crippen LogP contribution in [0.15, 0.2) is 29.4 Å². The van der Waals surface area contributed by atoms with E-state index in [9.17, 15) is 0 Å². The van der Waals surface area contributed by atoms with E-state index in [4.69, 9.17) is 5.84 Å². The van der Waals surface area contributed by atoms with Gasteiger partial charge in [0.2, 0.25) is 0 Å². The molecule has 3 N–H and O–H groups in total. The summed E-state index contributed by atoms with van der Waals surface area (Å²) in [7, 11) is 0. The lowest BCUT2D eigenvalue weighted by Crippen LogP contribution is -2.14. The van der Waals surface area contributed by atoms with Crippen molar-refractivity contribution in [3.63, 3.8) is 0 Å². The Hall–Kier alpha value is -1.64. The number of anilines is 1. The molecule has 0 spiro atoms. The van der Waals surface area contributed by atoms with Crippen LogP contribution in [-0.2, 0) is 6.42 Å². The molecule has 1 aromatic heterocycles. The van der Waals surface area contributed by atoms with Gasteiger partial charge < -0.3 is 5.84 Å². The largest absolute Gasteiger partial charge is 0.335 e. The predicted octanol–water partition coefficient (Wildman–Crippen LogP) is 1.60. The average molecular weight is 356 g/mol. The summed E-state index contributed by atoms with van der Waals surface area (Å²) in [5, 5.41) is 11.9. The van der Waals surface area contributed by atoms with Crippen molar-refractivity contribution in [3.05, 3.63) is 39.2 Å². The molecule has 1 aromatic carbocycles. The van der Waals surface area contributed by atoms with Gasteiger partial charge in [-0.2, -0.15) is 5.10 Å². The lowest BCUT2D eigenvalue weighted by Gasteiger charge is -2.01. The monoisotopic (exact) mass is 356 g/mol. The minimum atomic E-state index is 0.425. The molecule has 0 saturated carbocycles. The molecular weight excluding hydrogens is 343 g/mol. The summed E-state index contributed by atoms with van der Waals surface area (Å²) in [6.07, 6.45) is 2.45. The Morgan fingerprint density at radius 1 is 1.44 bits per heavy atom. The SMILES string of the molecule is CCc1nnc(NN=Cc2ccccc2I)n1N. The number of rotatable bonds is 4. The maximum absolute atomic E-state index is 5.78. The Bertz CT molecular complexity index is 562. The first kappa shape index (κ1) is 12.8. The molecule has 0 atom stereocenters. The summed E-state index contributed by atoms with van der Waals surface area (Å²) in [5.74, 6) is 6.91. The van der Waals surface area contributed by atoms with Crippen LogP contribution in [0.2, 0.25) is 0 Å². The van der Waals surface area contributed by atoms with Gasteiger partial charge in [0.25, 0.3) is 5.95 Å². The van der Waals surface area contributed by atoms with Crippen molar-refractivity contribution in [1.29, 1.82) is 0 Å². The van der Waals surface area contributed by atoms with Gasteiger partial charge in [0.15, 0.2) is 5.82 Å². The first-order valence-corrected chi connectivity index (χ1v) is 6.53. The van der Waals surface area contributed by atoms with Crippen molar-refractivity contribution in [3.8, 4) is 0 Å². The molecule has 0 fully saturated rings. The fourth-order valence-electron chi connectivity index (χ4n) is 1.38. The van der Waals surface area contributed by atoms with Crippen LogP contribution in [0.25, 0.3) is 0 Å². The van der Waals surface area contributed by atoms with E-state index in [1.807, 2.05) is 31.2 Å². The standard InChI is InChI=1S/C11H13IN6/c1-2-10-15-17-11(18(10)13)16-14-7-8-5-3-4-6-9(8)12/h3-7H,2,13H2,1H3,(H,16,17). The Morgan fingerprint density at radius 3 is 2.89 bits per heavy atom. The number of nitrogen functional groups attached to an aromatic ring is 1. The minimum absolute atomic E-state index is 0.425. The lowest BCUT2D eigenvalue weighted by atomic mass is 10.2. The molecule has 6 nitrogen and oxygen atoms in total. The van der Waals surface area contributed by atoms with E-state index in [0.29, 0.717) is 11.8 Å². The third-order valence-electron chi connectivity index (χ3n) is 2.36. The second kappa shape index (κ2) is 5.80. The number of hydrogen-bond acceptors (Lipinski definition) is 5. The minimum Gasteiger partial charge on any atom is -0.335 e. The van der Waals surface area contributed by atoms with Crippen LogP contribution >= 0.6 is 22.6 Å². The van der Waals surface area contributed by atoms with Gasteiger partial charge in [-0.05, 0) is 28.7 Å². The third kappa shape index (κ3) is 2.78. The number of hydrazone groups is 1. The van der Waals surface area contributed by atoms with Gasteiger partial charge in [-0.25, -0.2) is 10.1 Å². The molecule has 0 aliphatic carbocycles. The van der Waals surface area contributed by atoms with Crippen molar-refractivity contribution < 1.29 is 0 Å². The number of aryl methyl sites for hydroxylation is 1. The zero-order valence-electron chi connectivity index (χ0n) is 9.84. The maximum Gasteiger partial charge on any atom is 0.263 e.